The second kappa shape index (κ2) is 9.72. The minimum absolute atomic E-state index is 1.19. The maximum Gasteiger partial charge on any atom is 0.0149 e. The first-order valence-corrected chi connectivity index (χ1v) is 10.2. The van der Waals surface area contributed by atoms with Crippen molar-refractivity contribution in [3.05, 3.63) is 23.5 Å². The second-order valence-electron chi connectivity index (χ2n) is 8.01. The molecule has 0 saturated carbocycles. The van der Waals surface area contributed by atoms with Gasteiger partial charge in [-0.05, 0) is 65.0 Å². The van der Waals surface area contributed by atoms with Crippen LogP contribution in [0.15, 0.2) is 12.1 Å². The van der Waals surface area contributed by atoms with Crippen LogP contribution in [0.4, 0.5) is 0 Å². The number of hydrogen-bond donors (Lipinski definition) is 1. The standard InChI is InChI=1S/C20H37N5/c1-22-11-15-24(16-12-22)9-3-5-19-7-8-20(21-19)6-4-10-25-17-13-23(2)14-18-25/h7-8,21H,3-6,9-18H2,1-2H3. The number of aryl methyl sites for hydroxylation is 2. The van der Waals surface area contributed by atoms with Gasteiger partial charge in [-0.3, -0.25) is 0 Å². The Morgan fingerprint density at radius 3 is 1.48 bits per heavy atom. The number of nitrogens with zero attached hydrogens (tertiary/aromatic N) is 4. The third-order valence-electron chi connectivity index (χ3n) is 5.84. The molecule has 5 heteroatoms. The summed E-state index contributed by atoms with van der Waals surface area (Å²) in [5, 5.41) is 0. The minimum atomic E-state index is 1.19. The van der Waals surface area contributed by atoms with Crippen LogP contribution < -0.4 is 0 Å². The smallest absolute Gasteiger partial charge is 0.0149 e. The van der Waals surface area contributed by atoms with E-state index in [-0.39, 0.29) is 0 Å². The van der Waals surface area contributed by atoms with Gasteiger partial charge in [-0.25, -0.2) is 0 Å². The van der Waals surface area contributed by atoms with Crippen molar-refractivity contribution in [2.45, 2.75) is 25.7 Å². The van der Waals surface area contributed by atoms with E-state index in [9.17, 15) is 0 Å². The molecule has 0 unspecified atom stereocenters. The molecule has 5 nitrogen and oxygen atoms in total. The van der Waals surface area contributed by atoms with Crippen molar-refractivity contribution in [3.8, 4) is 0 Å². The fourth-order valence-electron chi connectivity index (χ4n) is 3.91. The summed E-state index contributed by atoms with van der Waals surface area (Å²) in [6.45, 7) is 12.3. The highest BCUT2D eigenvalue weighted by Gasteiger charge is 2.14. The highest BCUT2D eigenvalue weighted by atomic mass is 15.2. The van der Waals surface area contributed by atoms with E-state index in [0.717, 1.165) is 0 Å². The van der Waals surface area contributed by atoms with Crippen molar-refractivity contribution in [1.82, 2.24) is 24.6 Å². The minimum Gasteiger partial charge on any atom is -0.362 e. The molecule has 1 N–H and O–H groups in total. The summed E-state index contributed by atoms with van der Waals surface area (Å²) in [6, 6.07) is 4.60. The van der Waals surface area contributed by atoms with E-state index in [1.54, 1.807) is 0 Å². The van der Waals surface area contributed by atoms with Crippen LogP contribution in [-0.4, -0.2) is 104 Å². The lowest BCUT2D eigenvalue weighted by Crippen LogP contribution is -2.44. The average molecular weight is 348 g/mol. The molecule has 2 fully saturated rings. The molecular weight excluding hydrogens is 310 g/mol. The van der Waals surface area contributed by atoms with E-state index >= 15 is 0 Å². The Labute approximate surface area is 154 Å². The number of H-pyrrole nitrogens is 1. The Kier molecular flexibility index (Phi) is 7.35. The number of likely N-dealkylation sites (N-methyl/N-ethyl adjacent to an activating group) is 2. The van der Waals surface area contributed by atoms with Crippen LogP contribution in [0, 0.1) is 0 Å². The lowest BCUT2D eigenvalue weighted by atomic mass is 10.2. The zero-order valence-electron chi connectivity index (χ0n) is 16.3. The summed E-state index contributed by atoms with van der Waals surface area (Å²) in [5.41, 5.74) is 2.84. The van der Waals surface area contributed by atoms with E-state index in [4.69, 9.17) is 0 Å². The third-order valence-corrected chi connectivity index (χ3v) is 5.84. The Bertz CT molecular complexity index is 442. The van der Waals surface area contributed by atoms with Crippen molar-refractivity contribution in [1.29, 1.82) is 0 Å². The average Bonchev–Trinajstić information content (AvgIpc) is 3.06. The maximum atomic E-state index is 3.65. The fraction of sp³-hybridized carbons (Fsp3) is 0.800. The molecule has 25 heavy (non-hydrogen) atoms. The summed E-state index contributed by atoms with van der Waals surface area (Å²) in [5.74, 6) is 0. The molecule has 3 rings (SSSR count). The van der Waals surface area contributed by atoms with Gasteiger partial charge in [0.15, 0.2) is 0 Å². The number of aromatic nitrogens is 1. The third kappa shape index (κ3) is 6.41. The summed E-state index contributed by atoms with van der Waals surface area (Å²) in [7, 11) is 4.45. The van der Waals surface area contributed by atoms with Gasteiger partial charge in [-0.1, -0.05) is 0 Å². The number of aromatic amines is 1. The Balaban J connectivity index is 1.28. The molecule has 1 aromatic rings. The predicted molar refractivity (Wildman–Crippen MR) is 105 cm³/mol. The zero-order chi connectivity index (χ0) is 17.5. The van der Waals surface area contributed by atoms with E-state index in [1.807, 2.05) is 0 Å². The van der Waals surface area contributed by atoms with Gasteiger partial charge < -0.3 is 24.6 Å². The lowest BCUT2D eigenvalue weighted by molar-refractivity contribution is 0.152. The highest BCUT2D eigenvalue weighted by molar-refractivity contribution is 5.13. The van der Waals surface area contributed by atoms with Crippen LogP contribution in [0.1, 0.15) is 24.2 Å². The van der Waals surface area contributed by atoms with Gasteiger partial charge in [0.2, 0.25) is 0 Å². The van der Waals surface area contributed by atoms with Crippen molar-refractivity contribution in [2.75, 3.05) is 79.5 Å². The molecule has 0 spiro atoms. The van der Waals surface area contributed by atoms with Crippen molar-refractivity contribution in [3.63, 3.8) is 0 Å². The van der Waals surface area contributed by atoms with E-state index in [0.29, 0.717) is 0 Å². The predicted octanol–water partition coefficient (Wildman–Crippen LogP) is 1.37. The molecule has 1 aromatic heterocycles. The van der Waals surface area contributed by atoms with Crippen molar-refractivity contribution >= 4 is 0 Å². The molecule has 0 radical (unpaired) electrons. The van der Waals surface area contributed by atoms with Gasteiger partial charge in [-0.15, -0.1) is 0 Å². The van der Waals surface area contributed by atoms with E-state index in [2.05, 4.69) is 50.8 Å². The summed E-state index contributed by atoms with van der Waals surface area (Å²) < 4.78 is 0. The first-order valence-electron chi connectivity index (χ1n) is 10.2. The van der Waals surface area contributed by atoms with E-state index < -0.39 is 0 Å². The first kappa shape index (κ1) is 18.9. The van der Waals surface area contributed by atoms with Crippen molar-refractivity contribution < 1.29 is 0 Å². The van der Waals surface area contributed by atoms with Crippen LogP contribution in [0.2, 0.25) is 0 Å². The quantitative estimate of drug-likeness (QED) is 0.769. The van der Waals surface area contributed by atoms with Crippen LogP contribution >= 0.6 is 0 Å². The van der Waals surface area contributed by atoms with Gasteiger partial charge in [0.05, 0.1) is 0 Å². The molecule has 0 bridgehead atoms. The first-order chi connectivity index (χ1) is 12.2. The number of rotatable bonds is 8. The van der Waals surface area contributed by atoms with Gasteiger partial charge in [0.1, 0.15) is 0 Å². The molecule has 0 aromatic carbocycles. The fourth-order valence-corrected chi connectivity index (χ4v) is 3.91. The van der Waals surface area contributed by atoms with E-state index in [1.165, 1.54) is 103 Å². The Morgan fingerprint density at radius 1 is 0.680 bits per heavy atom. The summed E-state index contributed by atoms with van der Waals surface area (Å²) >= 11 is 0. The Morgan fingerprint density at radius 2 is 1.08 bits per heavy atom. The van der Waals surface area contributed by atoms with Gasteiger partial charge in [0.25, 0.3) is 0 Å². The Hall–Kier alpha value is -0.880. The largest absolute Gasteiger partial charge is 0.362 e. The molecule has 0 amide bonds. The van der Waals surface area contributed by atoms with Gasteiger partial charge in [0, 0.05) is 63.7 Å². The van der Waals surface area contributed by atoms with Gasteiger partial charge in [-0.2, -0.15) is 0 Å². The van der Waals surface area contributed by atoms with Crippen LogP contribution in [0.3, 0.4) is 0 Å². The van der Waals surface area contributed by atoms with Crippen LogP contribution in [0.25, 0.3) is 0 Å². The topological polar surface area (TPSA) is 28.8 Å². The molecule has 3 heterocycles. The lowest BCUT2D eigenvalue weighted by Gasteiger charge is -2.32. The molecular formula is C20H37N5. The SMILES string of the molecule is CN1CCN(CCCc2ccc(CCCN3CCN(C)CC3)[nH]2)CC1. The molecule has 0 atom stereocenters. The molecule has 142 valence electrons. The van der Waals surface area contributed by atoms with Crippen LogP contribution in [-0.2, 0) is 12.8 Å². The molecule has 2 saturated heterocycles. The highest BCUT2D eigenvalue weighted by Crippen LogP contribution is 2.09. The molecule has 0 aliphatic carbocycles. The maximum absolute atomic E-state index is 3.65. The summed E-state index contributed by atoms with van der Waals surface area (Å²) in [6.07, 6.45) is 4.91. The summed E-state index contributed by atoms with van der Waals surface area (Å²) in [4.78, 5) is 13.7. The molecule has 2 aliphatic rings. The molecule has 2 aliphatic heterocycles. The zero-order valence-corrected chi connectivity index (χ0v) is 16.3. The monoisotopic (exact) mass is 347 g/mol. The van der Waals surface area contributed by atoms with Crippen LogP contribution in [0.5, 0.6) is 0 Å². The second-order valence-corrected chi connectivity index (χ2v) is 8.01. The number of hydrogen-bond acceptors (Lipinski definition) is 4. The number of piperazine rings is 2. The normalized spacial score (nSPS) is 21.8. The van der Waals surface area contributed by atoms with Crippen molar-refractivity contribution in [2.24, 2.45) is 0 Å². The van der Waals surface area contributed by atoms with Gasteiger partial charge >= 0.3 is 0 Å². The number of nitrogens with one attached hydrogen (secondary N) is 1.